The van der Waals surface area contributed by atoms with Gasteiger partial charge in [0.05, 0.1) is 6.54 Å². The van der Waals surface area contributed by atoms with Crippen LogP contribution in [0, 0.1) is 0 Å². The van der Waals surface area contributed by atoms with Gasteiger partial charge in [-0.05, 0) is 31.7 Å². The van der Waals surface area contributed by atoms with Gasteiger partial charge in [-0.3, -0.25) is 9.59 Å². The Morgan fingerprint density at radius 2 is 1.95 bits per heavy atom. The summed E-state index contributed by atoms with van der Waals surface area (Å²) >= 11 is 0. The van der Waals surface area contributed by atoms with E-state index in [1.54, 1.807) is 4.90 Å². The Hall–Kier alpha value is -1.84. The predicted molar refractivity (Wildman–Crippen MR) is 87.4 cm³/mol. The second-order valence-electron chi connectivity index (χ2n) is 5.83. The Balaban J connectivity index is 1.86. The standard InChI is InChI=1S/C18H26N2O2/c1-2-19(14-12-16-9-5-3-6-10-16)18(22)15-20-13-8-4-7-11-17(20)21/h3,5-6,9-10H,2,4,7-8,11-15H2,1H3. The van der Waals surface area contributed by atoms with Gasteiger partial charge in [-0.1, -0.05) is 36.8 Å². The molecule has 0 N–H and O–H groups in total. The number of likely N-dealkylation sites (N-methyl/N-ethyl adjacent to an activating group) is 1. The quantitative estimate of drug-likeness (QED) is 0.810. The van der Waals surface area contributed by atoms with Crippen molar-refractivity contribution in [1.29, 1.82) is 0 Å². The van der Waals surface area contributed by atoms with Gasteiger partial charge in [-0.2, -0.15) is 0 Å². The van der Waals surface area contributed by atoms with Crippen LogP contribution in [0.3, 0.4) is 0 Å². The van der Waals surface area contributed by atoms with Crippen LogP contribution >= 0.6 is 0 Å². The SMILES string of the molecule is CCN(CCc1ccccc1)C(=O)CN1CCCCCC1=O. The van der Waals surface area contributed by atoms with E-state index in [2.05, 4.69) is 12.1 Å². The van der Waals surface area contributed by atoms with Gasteiger partial charge >= 0.3 is 0 Å². The van der Waals surface area contributed by atoms with Gasteiger partial charge in [-0.25, -0.2) is 0 Å². The van der Waals surface area contributed by atoms with Gasteiger partial charge in [0.1, 0.15) is 0 Å². The maximum Gasteiger partial charge on any atom is 0.242 e. The second-order valence-corrected chi connectivity index (χ2v) is 5.83. The highest BCUT2D eigenvalue weighted by Crippen LogP contribution is 2.11. The molecule has 4 heteroatoms. The molecular formula is C18H26N2O2. The largest absolute Gasteiger partial charge is 0.341 e. The summed E-state index contributed by atoms with van der Waals surface area (Å²) in [6, 6.07) is 10.2. The Labute approximate surface area is 133 Å². The summed E-state index contributed by atoms with van der Waals surface area (Å²) in [5, 5.41) is 0. The number of carbonyl (C=O) groups is 2. The van der Waals surface area contributed by atoms with E-state index in [4.69, 9.17) is 0 Å². The van der Waals surface area contributed by atoms with E-state index >= 15 is 0 Å². The Bertz CT molecular complexity index is 487. The molecule has 1 aromatic rings. The summed E-state index contributed by atoms with van der Waals surface area (Å²) in [6.07, 6.45) is 4.49. The molecule has 0 aromatic heterocycles. The van der Waals surface area contributed by atoms with Crippen LogP contribution < -0.4 is 0 Å². The number of benzene rings is 1. The summed E-state index contributed by atoms with van der Waals surface area (Å²) in [5.74, 6) is 0.193. The van der Waals surface area contributed by atoms with Gasteiger partial charge < -0.3 is 9.80 Å². The lowest BCUT2D eigenvalue weighted by Crippen LogP contribution is -2.43. The molecule has 0 unspecified atom stereocenters. The third kappa shape index (κ3) is 4.86. The molecule has 0 bridgehead atoms. The van der Waals surface area contributed by atoms with Gasteiger partial charge in [0.15, 0.2) is 0 Å². The average Bonchev–Trinajstić information content (AvgIpc) is 2.74. The molecule has 1 aliphatic rings. The molecule has 0 aliphatic carbocycles. The van der Waals surface area contributed by atoms with Crippen LogP contribution in [0.25, 0.3) is 0 Å². The number of hydrogen-bond donors (Lipinski definition) is 0. The van der Waals surface area contributed by atoms with Crippen molar-refractivity contribution in [3.05, 3.63) is 35.9 Å². The summed E-state index contributed by atoms with van der Waals surface area (Å²) in [5.41, 5.74) is 1.24. The zero-order valence-corrected chi connectivity index (χ0v) is 13.5. The van der Waals surface area contributed by atoms with Crippen LogP contribution in [-0.2, 0) is 16.0 Å². The zero-order chi connectivity index (χ0) is 15.8. The van der Waals surface area contributed by atoms with Crippen LogP contribution in [0.2, 0.25) is 0 Å². The monoisotopic (exact) mass is 302 g/mol. The van der Waals surface area contributed by atoms with Gasteiger partial charge in [-0.15, -0.1) is 0 Å². The smallest absolute Gasteiger partial charge is 0.242 e. The van der Waals surface area contributed by atoms with Crippen molar-refractivity contribution < 1.29 is 9.59 Å². The first-order chi connectivity index (χ1) is 10.7. The van der Waals surface area contributed by atoms with E-state index in [1.807, 2.05) is 30.0 Å². The lowest BCUT2D eigenvalue weighted by molar-refractivity contribution is -0.140. The molecule has 1 saturated heterocycles. The number of amides is 2. The molecule has 4 nitrogen and oxygen atoms in total. The number of hydrogen-bond acceptors (Lipinski definition) is 2. The summed E-state index contributed by atoms with van der Waals surface area (Å²) in [7, 11) is 0. The molecule has 0 atom stereocenters. The number of likely N-dealkylation sites (tertiary alicyclic amines) is 1. The van der Waals surface area contributed by atoms with Crippen molar-refractivity contribution in [2.24, 2.45) is 0 Å². The van der Waals surface area contributed by atoms with Crippen molar-refractivity contribution in [1.82, 2.24) is 9.80 Å². The maximum atomic E-state index is 12.5. The zero-order valence-electron chi connectivity index (χ0n) is 13.5. The van der Waals surface area contributed by atoms with Gasteiger partial charge in [0, 0.05) is 26.1 Å². The van der Waals surface area contributed by atoms with E-state index in [-0.39, 0.29) is 18.4 Å². The van der Waals surface area contributed by atoms with Gasteiger partial charge in [0.25, 0.3) is 0 Å². The minimum absolute atomic E-state index is 0.0636. The lowest BCUT2D eigenvalue weighted by Gasteiger charge is -2.26. The molecular weight excluding hydrogens is 276 g/mol. The minimum atomic E-state index is 0.0636. The fourth-order valence-electron chi connectivity index (χ4n) is 2.84. The third-order valence-corrected chi connectivity index (χ3v) is 4.25. The van der Waals surface area contributed by atoms with Crippen LogP contribution in [0.4, 0.5) is 0 Å². The van der Waals surface area contributed by atoms with Crippen molar-refractivity contribution in [3.8, 4) is 0 Å². The van der Waals surface area contributed by atoms with Crippen molar-refractivity contribution in [2.45, 2.75) is 39.0 Å². The minimum Gasteiger partial charge on any atom is -0.341 e. The highest BCUT2D eigenvalue weighted by molar-refractivity contribution is 5.85. The first kappa shape index (κ1) is 16.5. The topological polar surface area (TPSA) is 40.6 Å². The van der Waals surface area contributed by atoms with Crippen LogP contribution in [0.1, 0.15) is 38.2 Å². The molecule has 0 spiro atoms. The molecule has 120 valence electrons. The molecule has 2 rings (SSSR count). The van der Waals surface area contributed by atoms with Crippen LogP contribution in [0.15, 0.2) is 30.3 Å². The summed E-state index contributed by atoms with van der Waals surface area (Å²) in [6.45, 7) is 4.35. The van der Waals surface area contributed by atoms with Crippen LogP contribution in [-0.4, -0.2) is 47.8 Å². The molecule has 2 amide bonds. The summed E-state index contributed by atoms with van der Waals surface area (Å²) < 4.78 is 0. The lowest BCUT2D eigenvalue weighted by atomic mass is 10.1. The predicted octanol–water partition coefficient (Wildman–Crippen LogP) is 2.48. The summed E-state index contributed by atoms with van der Waals surface area (Å²) in [4.78, 5) is 28.0. The molecule has 1 aliphatic heterocycles. The second kappa shape index (κ2) is 8.57. The molecule has 0 radical (unpaired) electrons. The molecule has 22 heavy (non-hydrogen) atoms. The fraction of sp³-hybridized carbons (Fsp3) is 0.556. The third-order valence-electron chi connectivity index (χ3n) is 4.25. The van der Waals surface area contributed by atoms with E-state index in [0.29, 0.717) is 19.5 Å². The fourth-order valence-corrected chi connectivity index (χ4v) is 2.84. The molecule has 0 saturated carbocycles. The Morgan fingerprint density at radius 3 is 2.68 bits per heavy atom. The first-order valence-corrected chi connectivity index (χ1v) is 8.30. The van der Waals surface area contributed by atoms with Crippen molar-refractivity contribution in [2.75, 3.05) is 26.2 Å². The Kier molecular flexibility index (Phi) is 6.44. The van der Waals surface area contributed by atoms with Crippen molar-refractivity contribution >= 4 is 11.8 Å². The number of carbonyl (C=O) groups excluding carboxylic acids is 2. The van der Waals surface area contributed by atoms with Gasteiger partial charge in [0.2, 0.25) is 11.8 Å². The maximum absolute atomic E-state index is 12.5. The van der Waals surface area contributed by atoms with E-state index in [0.717, 1.165) is 32.2 Å². The molecule has 1 aromatic carbocycles. The van der Waals surface area contributed by atoms with E-state index in [9.17, 15) is 9.59 Å². The van der Waals surface area contributed by atoms with E-state index in [1.165, 1.54) is 5.56 Å². The normalized spacial score (nSPS) is 15.5. The molecule has 1 heterocycles. The highest BCUT2D eigenvalue weighted by Gasteiger charge is 2.21. The molecule has 1 fully saturated rings. The Morgan fingerprint density at radius 1 is 1.18 bits per heavy atom. The average molecular weight is 302 g/mol. The number of rotatable bonds is 6. The first-order valence-electron chi connectivity index (χ1n) is 8.30. The van der Waals surface area contributed by atoms with E-state index < -0.39 is 0 Å². The highest BCUT2D eigenvalue weighted by atomic mass is 16.2. The van der Waals surface area contributed by atoms with Crippen molar-refractivity contribution in [3.63, 3.8) is 0 Å². The number of nitrogens with zero attached hydrogens (tertiary/aromatic N) is 2. The van der Waals surface area contributed by atoms with Crippen LogP contribution in [0.5, 0.6) is 0 Å².